The number of aliphatic hydroxyl groups excluding tert-OH is 1. The van der Waals surface area contributed by atoms with Gasteiger partial charge >= 0.3 is 0 Å². The Labute approximate surface area is 147 Å². The Hall–Kier alpha value is -1.10. The van der Waals surface area contributed by atoms with Crippen molar-refractivity contribution in [1.82, 2.24) is 9.80 Å². The lowest BCUT2D eigenvalue weighted by Gasteiger charge is -2.43. The zero-order valence-electron chi connectivity index (χ0n) is 15.6. The largest absolute Gasteiger partial charge is 0.494 e. The molecule has 0 amide bonds. The normalized spacial score (nSPS) is 20.9. The molecule has 1 saturated heterocycles. The van der Waals surface area contributed by atoms with E-state index < -0.39 is 0 Å². The number of nitrogens with zero attached hydrogens (tertiary/aromatic N) is 2. The van der Waals surface area contributed by atoms with Gasteiger partial charge in [0, 0.05) is 25.7 Å². The van der Waals surface area contributed by atoms with Gasteiger partial charge in [-0.2, -0.15) is 0 Å². The summed E-state index contributed by atoms with van der Waals surface area (Å²) in [6.45, 7) is 11.9. The van der Waals surface area contributed by atoms with Crippen LogP contribution in [0.1, 0.15) is 51.6 Å². The number of aliphatic hydroxyl groups is 1. The van der Waals surface area contributed by atoms with Gasteiger partial charge in [-0.1, -0.05) is 38.8 Å². The highest BCUT2D eigenvalue weighted by molar-refractivity contribution is 5.29. The number of ether oxygens (including phenoxy) is 1. The van der Waals surface area contributed by atoms with E-state index in [0.717, 1.165) is 45.0 Å². The maximum atomic E-state index is 9.96. The van der Waals surface area contributed by atoms with Gasteiger partial charge < -0.3 is 14.7 Å². The topological polar surface area (TPSA) is 35.9 Å². The number of rotatable bonds is 9. The second kappa shape index (κ2) is 10.0. The third-order valence-electron chi connectivity index (χ3n) is 5.06. The van der Waals surface area contributed by atoms with Crippen LogP contribution >= 0.6 is 0 Å². The van der Waals surface area contributed by atoms with E-state index in [4.69, 9.17) is 4.74 Å². The summed E-state index contributed by atoms with van der Waals surface area (Å²) in [6, 6.07) is 8.83. The summed E-state index contributed by atoms with van der Waals surface area (Å²) < 4.78 is 5.79. The van der Waals surface area contributed by atoms with E-state index in [1.165, 1.54) is 18.4 Å². The van der Waals surface area contributed by atoms with E-state index in [9.17, 15) is 5.11 Å². The monoisotopic (exact) mass is 334 g/mol. The molecular weight excluding hydrogens is 300 g/mol. The van der Waals surface area contributed by atoms with Crippen LogP contribution < -0.4 is 4.74 Å². The minimum absolute atomic E-state index is 0.0770. The van der Waals surface area contributed by atoms with Crippen molar-refractivity contribution in [2.75, 3.05) is 39.4 Å². The van der Waals surface area contributed by atoms with Crippen molar-refractivity contribution in [3.8, 4) is 5.75 Å². The molecule has 2 rings (SSSR count). The quantitative estimate of drug-likeness (QED) is 0.703. The third kappa shape index (κ3) is 5.20. The Morgan fingerprint density at radius 3 is 2.50 bits per heavy atom. The molecular formula is C20H34N2O2. The maximum absolute atomic E-state index is 9.96. The zero-order chi connectivity index (χ0) is 17.4. The molecule has 0 bridgehead atoms. The first-order valence-electron chi connectivity index (χ1n) is 9.51. The summed E-state index contributed by atoms with van der Waals surface area (Å²) in [6.07, 6.45) is 3.53. The molecule has 1 fully saturated rings. The maximum Gasteiger partial charge on any atom is 0.119 e. The highest BCUT2D eigenvalue weighted by Gasteiger charge is 2.29. The molecule has 4 nitrogen and oxygen atoms in total. The number of benzene rings is 1. The molecule has 0 aliphatic carbocycles. The SMILES string of the molecule is CCCCCOc1ccc(C(CO)N2CCN(CC)CC2C)cc1. The Morgan fingerprint density at radius 2 is 1.92 bits per heavy atom. The van der Waals surface area contributed by atoms with Crippen LogP contribution in [0.3, 0.4) is 0 Å². The first-order valence-corrected chi connectivity index (χ1v) is 9.51. The van der Waals surface area contributed by atoms with E-state index in [-0.39, 0.29) is 12.6 Å². The predicted molar refractivity (Wildman–Crippen MR) is 99.6 cm³/mol. The van der Waals surface area contributed by atoms with E-state index in [2.05, 4.69) is 42.7 Å². The molecule has 1 aliphatic rings. The van der Waals surface area contributed by atoms with Crippen LogP contribution in [0.4, 0.5) is 0 Å². The van der Waals surface area contributed by atoms with Crippen LogP contribution in [0, 0.1) is 0 Å². The molecule has 0 aromatic heterocycles. The van der Waals surface area contributed by atoms with Crippen molar-refractivity contribution in [2.24, 2.45) is 0 Å². The van der Waals surface area contributed by atoms with E-state index in [1.54, 1.807) is 0 Å². The summed E-state index contributed by atoms with van der Waals surface area (Å²) in [5.41, 5.74) is 1.18. The lowest BCUT2D eigenvalue weighted by Crippen LogP contribution is -2.53. The fraction of sp³-hybridized carbons (Fsp3) is 0.700. The van der Waals surface area contributed by atoms with Gasteiger partial charge in [0.25, 0.3) is 0 Å². The number of piperazine rings is 1. The molecule has 1 aromatic carbocycles. The highest BCUT2D eigenvalue weighted by Crippen LogP contribution is 2.26. The molecule has 0 spiro atoms. The minimum atomic E-state index is 0.0770. The summed E-state index contributed by atoms with van der Waals surface area (Å²) >= 11 is 0. The summed E-state index contributed by atoms with van der Waals surface area (Å²) in [4.78, 5) is 4.91. The molecule has 0 saturated carbocycles. The molecule has 1 aliphatic heterocycles. The molecule has 136 valence electrons. The Bertz CT molecular complexity index is 463. The van der Waals surface area contributed by atoms with Gasteiger partial charge in [0.05, 0.1) is 19.3 Å². The van der Waals surface area contributed by atoms with Crippen LogP contribution in [-0.2, 0) is 0 Å². The van der Waals surface area contributed by atoms with Crippen LogP contribution in [-0.4, -0.2) is 60.3 Å². The first kappa shape index (κ1) is 19.2. The van der Waals surface area contributed by atoms with Crippen molar-refractivity contribution < 1.29 is 9.84 Å². The average molecular weight is 335 g/mol. The van der Waals surface area contributed by atoms with Crippen molar-refractivity contribution in [3.05, 3.63) is 29.8 Å². The van der Waals surface area contributed by atoms with Crippen LogP contribution in [0.5, 0.6) is 5.75 Å². The summed E-state index contributed by atoms with van der Waals surface area (Å²) in [5, 5.41) is 9.96. The van der Waals surface area contributed by atoms with Crippen molar-refractivity contribution in [3.63, 3.8) is 0 Å². The van der Waals surface area contributed by atoms with Gasteiger partial charge in [-0.3, -0.25) is 4.90 Å². The molecule has 2 atom stereocenters. The molecule has 0 radical (unpaired) electrons. The summed E-state index contributed by atoms with van der Waals surface area (Å²) in [5.74, 6) is 0.926. The third-order valence-corrected chi connectivity index (χ3v) is 5.06. The van der Waals surface area contributed by atoms with E-state index >= 15 is 0 Å². The van der Waals surface area contributed by atoms with Gasteiger partial charge in [-0.15, -0.1) is 0 Å². The van der Waals surface area contributed by atoms with Crippen LogP contribution in [0.25, 0.3) is 0 Å². The standard InChI is InChI=1S/C20H34N2O2/c1-4-6-7-14-24-19-10-8-18(9-11-19)20(16-23)22-13-12-21(5-2)15-17(22)3/h8-11,17,20,23H,4-7,12-16H2,1-3H3. The minimum Gasteiger partial charge on any atom is -0.494 e. The van der Waals surface area contributed by atoms with E-state index in [0.29, 0.717) is 6.04 Å². The average Bonchev–Trinajstić information content (AvgIpc) is 2.61. The Balaban J connectivity index is 1.95. The van der Waals surface area contributed by atoms with Gasteiger partial charge in [-0.05, 0) is 37.6 Å². The number of hydrogen-bond acceptors (Lipinski definition) is 4. The van der Waals surface area contributed by atoms with Crippen molar-refractivity contribution in [2.45, 2.75) is 52.1 Å². The first-order chi connectivity index (χ1) is 11.7. The molecule has 24 heavy (non-hydrogen) atoms. The van der Waals surface area contributed by atoms with Crippen LogP contribution in [0.15, 0.2) is 24.3 Å². The van der Waals surface area contributed by atoms with E-state index in [1.807, 2.05) is 12.1 Å². The molecule has 1 N–H and O–H groups in total. The molecule has 2 unspecified atom stereocenters. The van der Waals surface area contributed by atoms with Crippen LogP contribution in [0.2, 0.25) is 0 Å². The molecule has 1 heterocycles. The second-order valence-corrected chi connectivity index (χ2v) is 6.80. The number of hydrogen-bond donors (Lipinski definition) is 1. The Morgan fingerprint density at radius 1 is 1.17 bits per heavy atom. The highest BCUT2D eigenvalue weighted by atomic mass is 16.5. The zero-order valence-corrected chi connectivity index (χ0v) is 15.6. The molecule has 1 aromatic rings. The smallest absolute Gasteiger partial charge is 0.119 e. The van der Waals surface area contributed by atoms with Gasteiger partial charge in [-0.25, -0.2) is 0 Å². The van der Waals surface area contributed by atoms with Gasteiger partial charge in [0.2, 0.25) is 0 Å². The van der Waals surface area contributed by atoms with Crippen molar-refractivity contribution in [1.29, 1.82) is 0 Å². The fourth-order valence-electron chi connectivity index (χ4n) is 3.53. The summed E-state index contributed by atoms with van der Waals surface area (Å²) in [7, 11) is 0. The lowest BCUT2D eigenvalue weighted by molar-refractivity contribution is 0.0271. The van der Waals surface area contributed by atoms with Crippen molar-refractivity contribution >= 4 is 0 Å². The fourth-order valence-corrected chi connectivity index (χ4v) is 3.53. The Kier molecular flexibility index (Phi) is 8.03. The van der Waals surface area contributed by atoms with Gasteiger partial charge in [0.1, 0.15) is 5.75 Å². The molecule has 4 heteroatoms. The number of unbranched alkanes of at least 4 members (excludes halogenated alkanes) is 2. The number of likely N-dealkylation sites (N-methyl/N-ethyl adjacent to an activating group) is 1. The second-order valence-electron chi connectivity index (χ2n) is 6.80. The predicted octanol–water partition coefficient (Wildman–Crippen LogP) is 3.32. The van der Waals surface area contributed by atoms with Gasteiger partial charge in [0.15, 0.2) is 0 Å². The lowest BCUT2D eigenvalue weighted by atomic mass is 10.0.